The number of alkyl halides is 1. The average molecular weight is 295 g/mol. The van der Waals surface area contributed by atoms with Gasteiger partial charge in [-0.1, -0.05) is 0 Å². The maximum absolute atomic E-state index is 5.70. The lowest BCUT2D eigenvalue weighted by Gasteiger charge is -1.85. The summed E-state index contributed by atoms with van der Waals surface area (Å²) in [4.78, 5) is 6.59. The normalized spacial score (nSPS) is 10.6. The molecule has 0 unspecified atom stereocenters. The molecule has 0 spiro atoms. The van der Waals surface area contributed by atoms with Crippen molar-refractivity contribution in [3.63, 3.8) is 0 Å². The molecule has 0 aliphatic carbocycles. The average Bonchev–Trinajstić information content (AvgIpc) is 2.71. The van der Waals surface area contributed by atoms with E-state index in [1.165, 1.54) is 4.88 Å². The summed E-state index contributed by atoms with van der Waals surface area (Å²) in [5.74, 6) is 0.546. The Labute approximate surface area is 97.5 Å². The monoisotopic (exact) mass is 293 g/mol. The molecule has 0 atom stereocenters. The SMILES string of the molecule is ClCc1cnc(-c2ccc(Br)s2)s1. The van der Waals surface area contributed by atoms with Crippen LogP contribution in [-0.2, 0) is 5.88 Å². The van der Waals surface area contributed by atoms with Gasteiger partial charge < -0.3 is 0 Å². The van der Waals surface area contributed by atoms with Crippen molar-refractivity contribution < 1.29 is 0 Å². The molecule has 0 aromatic carbocycles. The van der Waals surface area contributed by atoms with Crippen LogP contribution in [0.5, 0.6) is 0 Å². The fraction of sp³-hybridized carbons (Fsp3) is 0.125. The Morgan fingerprint density at radius 1 is 1.38 bits per heavy atom. The minimum Gasteiger partial charge on any atom is -0.243 e. The van der Waals surface area contributed by atoms with Crippen molar-refractivity contribution in [2.75, 3.05) is 0 Å². The third kappa shape index (κ3) is 2.13. The van der Waals surface area contributed by atoms with Gasteiger partial charge in [0, 0.05) is 11.1 Å². The van der Waals surface area contributed by atoms with E-state index >= 15 is 0 Å². The van der Waals surface area contributed by atoms with Crippen LogP contribution in [0.2, 0.25) is 0 Å². The highest BCUT2D eigenvalue weighted by atomic mass is 79.9. The Morgan fingerprint density at radius 3 is 2.77 bits per heavy atom. The predicted octanol–water partition coefficient (Wildman–Crippen LogP) is 4.37. The van der Waals surface area contributed by atoms with Gasteiger partial charge in [0.25, 0.3) is 0 Å². The molecule has 2 heterocycles. The second-order valence-electron chi connectivity index (χ2n) is 2.37. The van der Waals surface area contributed by atoms with Gasteiger partial charge in [-0.2, -0.15) is 0 Å². The van der Waals surface area contributed by atoms with Crippen LogP contribution in [0, 0.1) is 0 Å². The van der Waals surface area contributed by atoms with E-state index in [-0.39, 0.29) is 0 Å². The standard InChI is InChI=1S/C8H5BrClNS2/c9-7-2-1-6(13-7)8-11-4-5(3-10)12-8/h1-2,4H,3H2. The Kier molecular flexibility index (Phi) is 3.03. The summed E-state index contributed by atoms with van der Waals surface area (Å²) in [6.45, 7) is 0. The van der Waals surface area contributed by atoms with Crippen molar-refractivity contribution in [3.8, 4) is 9.88 Å². The molecule has 0 radical (unpaired) electrons. The maximum Gasteiger partial charge on any atom is 0.133 e. The van der Waals surface area contributed by atoms with Crippen molar-refractivity contribution >= 4 is 50.2 Å². The van der Waals surface area contributed by atoms with Crippen molar-refractivity contribution in [1.29, 1.82) is 0 Å². The number of halogens is 2. The molecule has 13 heavy (non-hydrogen) atoms. The van der Waals surface area contributed by atoms with Crippen molar-refractivity contribution in [1.82, 2.24) is 4.98 Å². The van der Waals surface area contributed by atoms with E-state index in [1.807, 2.05) is 12.3 Å². The molecular formula is C8H5BrClNS2. The molecule has 1 nitrogen and oxygen atoms in total. The van der Waals surface area contributed by atoms with Crippen LogP contribution in [0.1, 0.15) is 4.88 Å². The molecule has 0 bridgehead atoms. The molecular weight excluding hydrogens is 290 g/mol. The van der Waals surface area contributed by atoms with Gasteiger partial charge in [-0.15, -0.1) is 34.3 Å². The van der Waals surface area contributed by atoms with Gasteiger partial charge in [0.1, 0.15) is 5.01 Å². The first-order chi connectivity index (χ1) is 6.29. The third-order valence-electron chi connectivity index (χ3n) is 1.47. The van der Waals surface area contributed by atoms with Gasteiger partial charge in [0.2, 0.25) is 0 Å². The van der Waals surface area contributed by atoms with Gasteiger partial charge in [-0.05, 0) is 28.1 Å². The number of thiazole rings is 1. The zero-order valence-electron chi connectivity index (χ0n) is 6.46. The zero-order valence-corrected chi connectivity index (χ0v) is 10.4. The van der Waals surface area contributed by atoms with Crippen LogP contribution in [0.15, 0.2) is 22.1 Å². The molecule has 68 valence electrons. The second kappa shape index (κ2) is 4.09. The minimum absolute atomic E-state index is 0.546. The Balaban J connectivity index is 2.35. The molecule has 0 aliphatic heterocycles. The highest BCUT2D eigenvalue weighted by molar-refractivity contribution is 9.11. The fourth-order valence-corrected chi connectivity index (χ4v) is 3.36. The smallest absolute Gasteiger partial charge is 0.133 e. The van der Waals surface area contributed by atoms with Crippen molar-refractivity contribution in [2.45, 2.75) is 5.88 Å². The highest BCUT2D eigenvalue weighted by Gasteiger charge is 2.05. The number of nitrogens with zero attached hydrogens (tertiary/aromatic N) is 1. The number of thiophene rings is 1. The molecule has 2 aromatic rings. The number of aromatic nitrogens is 1. The van der Waals surface area contributed by atoms with Crippen LogP contribution in [-0.4, -0.2) is 4.98 Å². The molecule has 0 saturated heterocycles. The Hall–Kier alpha value is 0.1000. The number of hydrogen-bond acceptors (Lipinski definition) is 3. The second-order valence-corrected chi connectivity index (χ2v) is 6.21. The number of hydrogen-bond donors (Lipinski definition) is 0. The maximum atomic E-state index is 5.70. The summed E-state index contributed by atoms with van der Waals surface area (Å²) in [7, 11) is 0. The summed E-state index contributed by atoms with van der Waals surface area (Å²) in [5, 5.41) is 1.05. The van der Waals surface area contributed by atoms with Crippen LogP contribution >= 0.6 is 50.2 Å². The highest BCUT2D eigenvalue weighted by Crippen LogP contribution is 2.33. The summed E-state index contributed by atoms with van der Waals surface area (Å²) >= 11 is 12.5. The van der Waals surface area contributed by atoms with Gasteiger partial charge in [0.15, 0.2) is 0 Å². The first kappa shape index (κ1) is 9.65. The molecule has 0 N–H and O–H groups in total. The Bertz CT molecular complexity index is 410. The molecule has 0 amide bonds. The summed E-state index contributed by atoms with van der Waals surface area (Å²) in [5.41, 5.74) is 0. The summed E-state index contributed by atoms with van der Waals surface area (Å²) in [6.07, 6.45) is 1.83. The van der Waals surface area contributed by atoms with Gasteiger partial charge in [-0.25, -0.2) is 4.98 Å². The van der Waals surface area contributed by atoms with Crippen LogP contribution in [0.3, 0.4) is 0 Å². The predicted molar refractivity (Wildman–Crippen MR) is 62.7 cm³/mol. The van der Waals surface area contributed by atoms with E-state index < -0.39 is 0 Å². The molecule has 0 fully saturated rings. The number of rotatable bonds is 2. The molecule has 2 rings (SSSR count). The van der Waals surface area contributed by atoms with E-state index in [1.54, 1.807) is 22.7 Å². The first-order valence-corrected chi connectivity index (χ1v) is 6.52. The quantitative estimate of drug-likeness (QED) is 0.749. The van der Waals surface area contributed by atoms with Crippen LogP contribution < -0.4 is 0 Å². The lowest BCUT2D eigenvalue weighted by atomic mass is 10.5. The van der Waals surface area contributed by atoms with Crippen molar-refractivity contribution in [3.05, 3.63) is 27.0 Å². The topological polar surface area (TPSA) is 12.9 Å². The van der Waals surface area contributed by atoms with Crippen LogP contribution in [0.4, 0.5) is 0 Å². The first-order valence-electron chi connectivity index (χ1n) is 3.56. The molecule has 5 heteroatoms. The van der Waals surface area contributed by atoms with E-state index in [0.717, 1.165) is 13.7 Å². The molecule has 0 aliphatic rings. The van der Waals surface area contributed by atoms with E-state index in [9.17, 15) is 0 Å². The largest absolute Gasteiger partial charge is 0.243 e. The van der Waals surface area contributed by atoms with Crippen molar-refractivity contribution in [2.24, 2.45) is 0 Å². The van der Waals surface area contributed by atoms with E-state index in [2.05, 4.69) is 27.0 Å². The fourth-order valence-electron chi connectivity index (χ4n) is 0.912. The molecule has 0 saturated carbocycles. The summed E-state index contributed by atoms with van der Waals surface area (Å²) < 4.78 is 1.13. The Morgan fingerprint density at radius 2 is 2.23 bits per heavy atom. The lowest BCUT2D eigenvalue weighted by Crippen LogP contribution is -1.63. The van der Waals surface area contributed by atoms with E-state index in [0.29, 0.717) is 5.88 Å². The van der Waals surface area contributed by atoms with Crippen LogP contribution in [0.25, 0.3) is 9.88 Å². The lowest BCUT2D eigenvalue weighted by molar-refractivity contribution is 1.37. The van der Waals surface area contributed by atoms with Gasteiger partial charge in [0.05, 0.1) is 14.5 Å². The van der Waals surface area contributed by atoms with Gasteiger partial charge >= 0.3 is 0 Å². The zero-order chi connectivity index (χ0) is 9.26. The summed E-state index contributed by atoms with van der Waals surface area (Å²) in [6, 6.07) is 4.09. The minimum atomic E-state index is 0.546. The third-order valence-corrected chi connectivity index (χ3v) is 4.71. The molecule has 2 aromatic heterocycles. The van der Waals surface area contributed by atoms with E-state index in [4.69, 9.17) is 11.6 Å². The van der Waals surface area contributed by atoms with Gasteiger partial charge in [-0.3, -0.25) is 0 Å².